The highest BCUT2D eigenvalue weighted by Crippen LogP contribution is 2.44. The van der Waals surface area contributed by atoms with E-state index in [1.807, 2.05) is 0 Å². The first-order valence-electron chi connectivity index (χ1n) is 8.23. The van der Waals surface area contributed by atoms with E-state index in [0.717, 1.165) is 14.0 Å². The molecule has 1 aromatic rings. The van der Waals surface area contributed by atoms with E-state index in [1.54, 1.807) is 6.92 Å². The summed E-state index contributed by atoms with van der Waals surface area (Å²) in [5.41, 5.74) is -2.09. The minimum atomic E-state index is -4.60. The summed E-state index contributed by atoms with van der Waals surface area (Å²) in [6.07, 6.45) is -3.57. The van der Waals surface area contributed by atoms with Crippen molar-refractivity contribution in [1.29, 1.82) is 5.41 Å². The van der Waals surface area contributed by atoms with Crippen molar-refractivity contribution in [2.75, 3.05) is 26.7 Å². The van der Waals surface area contributed by atoms with Crippen LogP contribution in [0.25, 0.3) is 0 Å². The van der Waals surface area contributed by atoms with Crippen LogP contribution in [0.3, 0.4) is 0 Å². The van der Waals surface area contributed by atoms with E-state index >= 15 is 0 Å². The largest absolute Gasteiger partial charge is 0.496 e. The molecule has 1 N–H and O–H groups in total. The molecular weight excluding hydrogens is 371 g/mol. The SMILES string of the molecule is CCOC(=N)C(CCCCl)c1cc(C(C)(OC)C(F)(F)F)ccc1OC. The van der Waals surface area contributed by atoms with Gasteiger partial charge in [0.15, 0.2) is 11.5 Å². The van der Waals surface area contributed by atoms with Gasteiger partial charge >= 0.3 is 6.18 Å². The molecule has 0 saturated heterocycles. The van der Waals surface area contributed by atoms with Crippen LogP contribution in [-0.2, 0) is 15.1 Å². The van der Waals surface area contributed by atoms with Crippen molar-refractivity contribution in [2.45, 2.75) is 44.4 Å². The van der Waals surface area contributed by atoms with Gasteiger partial charge in [-0.1, -0.05) is 6.07 Å². The molecule has 0 saturated carbocycles. The van der Waals surface area contributed by atoms with Crippen LogP contribution in [0.2, 0.25) is 0 Å². The van der Waals surface area contributed by atoms with Gasteiger partial charge < -0.3 is 14.2 Å². The van der Waals surface area contributed by atoms with Crippen molar-refractivity contribution >= 4 is 17.5 Å². The summed E-state index contributed by atoms with van der Waals surface area (Å²) >= 11 is 5.76. The zero-order valence-corrected chi connectivity index (χ0v) is 16.1. The number of rotatable bonds is 9. The first kappa shape index (κ1) is 22.6. The highest BCUT2D eigenvalue weighted by molar-refractivity contribution is 6.17. The van der Waals surface area contributed by atoms with E-state index < -0.39 is 17.7 Å². The standard InChI is InChI=1S/C18H25ClF3NO3/c1-5-26-16(23)13(7-6-10-19)14-11-12(8-9-15(14)24-3)17(2,25-4)18(20,21)22/h8-9,11,13,23H,5-7,10H2,1-4H3. The van der Waals surface area contributed by atoms with Gasteiger partial charge in [-0.15, -0.1) is 11.6 Å². The third-order valence-electron chi connectivity index (χ3n) is 4.35. The number of methoxy groups -OCH3 is 2. The van der Waals surface area contributed by atoms with E-state index in [0.29, 0.717) is 30.0 Å². The molecule has 148 valence electrons. The molecule has 2 atom stereocenters. The molecule has 0 aliphatic heterocycles. The second-order valence-electron chi connectivity index (χ2n) is 5.87. The van der Waals surface area contributed by atoms with E-state index in [9.17, 15) is 13.2 Å². The Morgan fingerprint density at radius 1 is 1.27 bits per heavy atom. The Hall–Kier alpha value is -1.47. The number of hydrogen-bond donors (Lipinski definition) is 1. The van der Waals surface area contributed by atoms with Gasteiger partial charge in [-0.3, -0.25) is 5.41 Å². The molecule has 0 heterocycles. The van der Waals surface area contributed by atoms with Crippen LogP contribution in [0, 0.1) is 5.41 Å². The molecule has 0 radical (unpaired) electrons. The predicted molar refractivity (Wildman–Crippen MR) is 95.5 cm³/mol. The monoisotopic (exact) mass is 395 g/mol. The van der Waals surface area contributed by atoms with Gasteiger partial charge in [0.2, 0.25) is 0 Å². The first-order chi connectivity index (χ1) is 12.2. The highest BCUT2D eigenvalue weighted by atomic mass is 35.5. The molecule has 1 rings (SSSR count). The summed E-state index contributed by atoms with van der Waals surface area (Å²) in [7, 11) is 2.45. The third-order valence-corrected chi connectivity index (χ3v) is 4.62. The number of nitrogens with one attached hydrogen (secondary N) is 1. The Labute approximate surface area is 157 Å². The molecule has 26 heavy (non-hydrogen) atoms. The van der Waals surface area contributed by atoms with E-state index in [2.05, 4.69) is 0 Å². The minimum absolute atomic E-state index is 0.0285. The highest BCUT2D eigenvalue weighted by Gasteiger charge is 2.53. The fraction of sp³-hybridized carbons (Fsp3) is 0.611. The van der Waals surface area contributed by atoms with E-state index in [-0.39, 0.29) is 18.1 Å². The second kappa shape index (κ2) is 9.46. The normalized spacial score (nSPS) is 15.2. The van der Waals surface area contributed by atoms with Gasteiger partial charge in [-0.25, -0.2) is 0 Å². The van der Waals surface area contributed by atoms with Gasteiger partial charge in [0.1, 0.15) is 5.75 Å². The maximum absolute atomic E-state index is 13.5. The first-order valence-corrected chi connectivity index (χ1v) is 8.77. The lowest BCUT2D eigenvalue weighted by atomic mass is 9.87. The maximum Gasteiger partial charge on any atom is 0.421 e. The predicted octanol–water partition coefficient (Wildman–Crippen LogP) is 5.24. The summed E-state index contributed by atoms with van der Waals surface area (Å²) < 4.78 is 56.1. The van der Waals surface area contributed by atoms with Gasteiger partial charge in [-0.2, -0.15) is 13.2 Å². The van der Waals surface area contributed by atoms with Crippen LogP contribution in [0.5, 0.6) is 5.75 Å². The van der Waals surface area contributed by atoms with Crippen molar-refractivity contribution in [3.8, 4) is 5.75 Å². The summed E-state index contributed by atoms with van der Waals surface area (Å²) in [6.45, 7) is 3.00. The average molecular weight is 396 g/mol. The smallest absolute Gasteiger partial charge is 0.421 e. The molecule has 0 aromatic heterocycles. The molecule has 0 amide bonds. The maximum atomic E-state index is 13.5. The lowest BCUT2D eigenvalue weighted by Gasteiger charge is -2.32. The van der Waals surface area contributed by atoms with Gasteiger partial charge in [0, 0.05) is 18.6 Å². The Bertz CT molecular complexity index is 610. The Kier molecular flexibility index (Phi) is 8.21. The average Bonchev–Trinajstić information content (AvgIpc) is 2.60. The lowest BCUT2D eigenvalue weighted by Crippen LogP contribution is -2.41. The summed E-state index contributed by atoms with van der Waals surface area (Å²) in [6, 6.07) is 4.16. The van der Waals surface area contributed by atoms with E-state index in [1.165, 1.54) is 25.3 Å². The number of alkyl halides is 4. The summed E-state index contributed by atoms with van der Waals surface area (Å²) in [5, 5.41) is 8.15. The Morgan fingerprint density at radius 3 is 2.38 bits per heavy atom. The van der Waals surface area contributed by atoms with Crippen LogP contribution in [0.1, 0.15) is 43.7 Å². The molecule has 0 aliphatic carbocycles. The number of benzene rings is 1. The molecule has 2 unspecified atom stereocenters. The molecule has 4 nitrogen and oxygen atoms in total. The zero-order valence-electron chi connectivity index (χ0n) is 15.4. The number of ether oxygens (including phenoxy) is 3. The fourth-order valence-corrected chi connectivity index (χ4v) is 2.82. The molecule has 8 heteroatoms. The molecule has 1 aromatic carbocycles. The van der Waals surface area contributed by atoms with Crippen LogP contribution < -0.4 is 4.74 Å². The van der Waals surface area contributed by atoms with Crippen molar-refractivity contribution in [3.05, 3.63) is 29.3 Å². The van der Waals surface area contributed by atoms with E-state index in [4.69, 9.17) is 31.2 Å². The second-order valence-corrected chi connectivity index (χ2v) is 6.25. The quantitative estimate of drug-likeness (QED) is 0.353. The Morgan fingerprint density at radius 2 is 1.92 bits per heavy atom. The third kappa shape index (κ3) is 4.82. The molecule has 0 fully saturated rings. The van der Waals surface area contributed by atoms with Crippen molar-refractivity contribution < 1.29 is 27.4 Å². The molecule has 0 bridgehead atoms. The van der Waals surface area contributed by atoms with Crippen molar-refractivity contribution in [3.63, 3.8) is 0 Å². The minimum Gasteiger partial charge on any atom is -0.496 e. The van der Waals surface area contributed by atoms with Crippen LogP contribution in [-0.4, -0.2) is 38.8 Å². The fourth-order valence-electron chi connectivity index (χ4n) is 2.67. The lowest BCUT2D eigenvalue weighted by molar-refractivity contribution is -0.269. The topological polar surface area (TPSA) is 51.5 Å². The molecule has 0 aliphatic rings. The van der Waals surface area contributed by atoms with Gasteiger partial charge in [0.05, 0.1) is 19.6 Å². The van der Waals surface area contributed by atoms with Crippen LogP contribution in [0.15, 0.2) is 18.2 Å². The summed E-state index contributed by atoms with van der Waals surface area (Å²) in [5.74, 6) is 0.173. The van der Waals surface area contributed by atoms with Gasteiger partial charge in [-0.05, 0) is 44.4 Å². The van der Waals surface area contributed by atoms with Gasteiger partial charge in [0.25, 0.3) is 0 Å². The zero-order chi connectivity index (χ0) is 20.0. The van der Waals surface area contributed by atoms with Crippen LogP contribution in [0.4, 0.5) is 13.2 Å². The summed E-state index contributed by atoms with van der Waals surface area (Å²) in [4.78, 5) is 0. The van der Waals surface area contributed by atoms with Crippen molar-refractivity contribution in [1.82, 2.24) is 0 Å². The number of halogens is 4. The Balaban J connectivity index is 3.49. The number of hydrogen-bond acceptors (Lipinski definition) is 4. The van der Waals surface area contributed by atoms with Crippen molar-refractivity contribution in [2.24, 2.45) is 0 Å². The van der Waals surface area contributed by atoms with Crippen LogP contribution >= 0.6 is 11.6 Å². The molecular formula is C18H25ClF3NO3. The molecule has 0 spiro atoms.